The summed E-state index contributed by atoms with van der Waals surface area (Å²) in [7, 11) is 1.68. The number of rotatable bonds is 4. The summed E-state index contributed by atoms with van der Waals surface area (Å²) in [5.41, 5.74) is 4.50. The van der Waals surface area contributed by atoms with E-state index in [1.165, 1.54) is 11.1 Å². The van der Waals surface area contributed by atoms with Gasteiger partial charge in [-0.1, -0.05) is 58.4 Å². The Morgan fingerprint density at radius 1 is 1.03 bits per heavy atom. The van der Waals surface area contributed by atoms with Crippen molar-refractivity contribution in [3.05, 3.63) is 94.0 Å². The molecule has 1 fully saturated rings. The van der Waals surface area contributed by atoms with Gasteiger partial charge in [-0.05, 0) is 53.8 Å². The van der Waals surface area contributed by atoms with Gasteiger partial charge in [-0.3, -0.25) is 4.79 Å². The molecule has 3 aromatic rings. The van der Waals surface area contributed by atoms with Gasteiger partial charge in [0, 0.05) is 33.6 Å². The summed E-state index contributed by atoms with van der Waals surface area (Å²) in [6, 6.07) is 24.5. The molecule has 2 aliphatic rings. The molecule has 4 heteroatoms. The fraction of sp³-hybridized carbons (Fsp3) is 0.240. The van der Waals surface area contributed by atoms with Gasteiger partial charge in [0.1, 0.15) is 5.75 Å². The number of carbonyl (C=O) groups is 1. The third-order valence-corrected chi connectivity index (χ3v) is 6.89. The molecule has 1 N–H and O–H groups in total. The van der Waals surface area contributed by atoms with Crippen LogP contribution in [0.15, 0.2) is 77.3 Å². The molecule has 0 saturated heterocycles. The summed E-state index contributed by atoms with van der Waals surface area (Å²) >= 11 is 3.63. The Morgan fingerprint density at radius 3 is 2.52 bits per heavy atom. The first kappa shape index (κ1) is 18.4. The number of hydrogen-bond donors (Lipinski definition) is 1. The van der Waals surface area contributed by atoms with Crippen molar-refractivity contribution < 1.29 is 9.53 Å². The maximum absolute atomic E-state index is 13.4. The molecule has 1 aliphatic carbocycles. The Labute approximate surface area is 179 Å². The molecule has 4 atom stereocenters. The van der Waals surface area contributed by atoms with E-state index in [0.717, 1.165) is 27.9 Å². The molecule has 1 saturated carbocycles. The first-order valence-corrected chi connectivity index (χ1v) is 10.7. The average molecular weight is 448 g/mol. The number of halogens is 1. The number of carbonyl (C=O) groups excluding carboxylic acids is 1. The highest BCUT2D eigenvalue weighted by Crippen LogP contribution is 2.56. The first-order chi connectivity index (χ1) is 14.2. The maximum Gasteiger partial charge on any atom is 0.168 e. The summed E-state index contributed by atoms with van der Waals surface area (Å²) < 4.78 is 6.41. The van der Waals surface area contributed by atoms with E-state index in [2.05, 4.69) is 51.6 Å². The van der Waals surface area contributed by atoms with Crippen molar-refractivity contribution >= 4 is 27.4 Å². The van der Waals surface area contributed by atoms with Crippen LogP contribution in [0.25, 0.3) is 0 Å². The zero-order valence-electron chi connectivity index (χ0n) is 16.1. The highest BCUT2D eigenvalue weighted by molar-refractivity contribution is 9.10. The molecule has 0 radical (unpaired) electrons. The SMILES string of the molecule is COc1ccc([C@@H]2C[C@H](C(=O)c3ccccc3)[C@@H]3Nc4ccc(Br)cc4[C@@H]32)cc1. The van der Waals surface area contributed by atoms with Crippen LogP contribution >= 0.6 is 15.9 Å². The molecule has 0 bridgehead atoms. The molecule has 3 aromatic carbocycles. The topological polar surface area (TPSA) is 38.3 Å². The van der Waals surface area contributed by atoms with E-state index in [-0.39, 0.29) is 29.6 Å². The lowest BCUT2D eigenvalue weighted by molar-refractivity contribution is 0.0916. The molecule has 5 rings (SSSR count). The maximum atomic E-state index is 13.4. The van der Waals surface area contributed by atoms with Gasteiger partial charge in [-0.2, -0.15) is 0 Å². The summed E-state index contributed by atoms with van der Waals surface area (Å²) in [5, 5.41) is 3.68. The van der Waals surface area contributed by atoms with Crippen LogP contribution in [-0.4, -0.2) is 18.9 Å². The van der Waals surface area contributed by atoms with E-state index < -0.39 is 0 Å². The molecular weight excluding hydrogens is 426 g/mol. The Kier molecular flexibility index (Phi) is 4.67. The fourth-order valence-electron chi connectivity index (χ4n) is 5.07. The van der Waals surface area contributed by atoms with Crippen LogP contribution in [0.2, 0.25) is 0 Å². The molecule has 0 spiro atoms. The van der Waals surface area contributed by atoms with Gasteiger partial charge >= 0.3 is 0 Å². The van der Waals surface area contributed by atoms with E-state index in [4.69, 9.17) is 4.74 Å². The predicted octanol–water partition coefficient (Wildman–Crippen LogP) is 6.02. The number of ether oxygens (including phenoxy) is 1. The van der Waals surface area contributed by atoms with Crippen LogP contribution < -0.4 is 10.1 Å². The largest absolute Gasteiger partial charge is 0.497 e. The lowest BCUT2D eigenvalue weighted by atomic mass is 9.84. The second-order valence-electron chi connectivity index (χ2n) is 7.88. The van der Waals surface area contributed by atoms with Gasteiger partial charge in [-0.25, -0.2) is 0 Å². The van der Waals surface area contributed by atoms with Crippen LogP contribution in [-0.2, 0) is 0 Å². The molecule has 0 amide bonds. The summed E-state index contributed by atoms with van der Waals surface area (Å²) in [6.45, 7) is 0. The molecule has 146 valence electrons. The lowest BCUT2D eigenvalue weighted by Gasteiger charge is -2.20. The van der Waals surface area contributed by atoms with Crippen molar-refractivity contribution in [1.29, 1.82) is 0 Å². The standard InChI is InChI=1S/C25H22BrNO2/c1-29-18-10-7-15(8-11-18)19-14-21(25(28)16-5-3-2-4-6-16)24-23(19)20-13-17(26)9-12-22(20)27-24/h2-13,19,21,23-24,27H,14H2,1H3/t19-,21-,23-,24-/m0/s1. The minimum atomic E-state index is -0.0549. The highest BCUT2D eigenvalue weighted by atomic mass is 79.9. The number of methoxy groups -OCH3 is 1. The van der Waals surface area contributed by atoms with Crippen molar-refractivity contribution in [3.8, 4) is 5.75 Å². The van der Waals surface area contributed by atoms with Crippen LogP contribution in [0.1, 0.15) is 39.7 Å². The number of nitrogens with one attached hydrogen (secondary N) is 1. The van der Waals surface area contributed by atoms with Crippen molar-refractivity contribution in [2.24, 2.45) is 5.92 Å². The summed E-state index contributed by atoms with van der Waals surface area (Å²) in [4.78, 5) is 13.4. The summed E-state index contributed by atoms with van der Waals surface area (Å²) in [6.07, 6.45) is 0.842. The smallest absolute Gasteiger partial charge is 0.168 e. The number of hydrogen-bond acceptors (Lipinski definition) is 3. The lowest BCUT2D eigenvalue weighted by Crippen LogP contribution is -2.30. The minimum absolute atomic E-state index is 0.0549. The number of Topliss-reactive ketones (excluding diaryl/α,β-unsaturated/α-hetero) is 1. The van der Waals surface area contributed by atoms with Gasteiger partial charge in [0.15, 0.2) is 5.78 Å². The zero-order chi connectivity index (χ0) is 20.0. The number of benzene rings is 3. The monoisotopic (exact) mass is 447 g/mol. The minimum Gasteiger partial charge on any atom is -0.497 e. The number of anilines is 1. The Bertz CT molecular complexity index is 1050. The van der Waals surface area contributed by atoms with Gasteiger partial charge < -0.3 is 10.1 Å². The molecule has 1 heterocycles. The number of ketones is 1. The zero-order valence-corrected chi connectivity index (χ0v) is 17.7. The first-order valence-electron chi connectivity index (χ1n) is 9.95. The molecule has 0 aromatic heterocycles. The predicted molar refractivity (Wildman–Crippen MR) is 119 cm³/mol. The van der Waals surface area contributed by atoms with Crippen molar-refractivity contribution in [3.63, 3.8) is 0 Å². The number of fused-ring (bicyclic) bond motifs is 3. The van der Waals surface area contributed by atoms with E-state index in [9.17, 15) is 4.79 Å². The van der Waals surface area contributed by atoms with Crippen LogP contribution in [0.4, 0.5) is 5.69 Å². The normalized spacial score (nSPS) is 24.5. The van der Waals surface area contributed by atoms with Crippen molar-refractivity contribution in [2.45, 2.75) is 24.3 Å². The Hall–Kier alpha value is -2.59. The van der Waals surface area contributed by atoms with Crippen molar-refractivity contribution in [2.75, 3.05) is 12.4 Å². The van der Waals surface area contributed by atoms with Crippen LogP contribution in [0.5, 0.6) is 5.75 Å². The molecular formula is C25H22BrNO2. The van der Waals surface area contributed by atoms with E-state index in [1.807, 2.05) is 42.5 Å². The molecule has 3 nitrogen and oxygen atoms in total. The highest BCUT2D eigenvalue weighted by Gasteiger charge is 2.51. The van der Waals surface area contributed by atoms with Crippen LogP contribution in [0, 0.1) is 5.92 Å². The van der Waals surface area contributed by atoms with Gasteiger partial charge in [0.25, 0.3) is 0 Å². The Balaban J connectivity index is 1.56. The molecule has 29 heavy (non-hydrogen) atoms. The third-order valence-electron chi connectivity index (χ3n) is 6.40. The van der Waals surface area contributed by atoms with Gasteiger partial charge in [0.2, 0.25) is 0 Å². The Morgan fingerprint density at radius 2 is 1.79 bits per heavy atom. The van der Waals surface area contributed by atoms with E-state index >= 15 is 0 Å². The van der Waals surface area contributed by atoms with Crippen LogP contribution in [0.3, 0.4) is 0 Å². The summed E-state index contributed by atoms with van der Waals surface area (Å²) in [5.74, 6) is 1.59. The average Bonchev–Trinajstić information content (AvgIpc) is 3.31. The van der Waals surface area contributed by atoms with Gasteiger partial charge in [-0.15, -0.1) is 0 Å². The third kappa shape index (κ3) is 3.16. The second kappa shape index (κ2) is 7.34. The molecule has 1 aliphatic heterocycles. The second-order valence-corrected chi connectivity index (χ2v) is 8.80. The van der Waals surface area contributed by atoms with Gasteiger partial charge in [0.05, 0.1) is 7.11 Å². The molecule has 0 unspecified atom stereocenters. The van der Waals surface area contributed by atoms with E-state index in [1.54, 1.807) is 7.11 Å². The quantitative estimate of drug-likeness (QED) is 0.496. The van der Waals surface area contributed by atoms with E-state index in [0.29, 0.717) is 0 Å². The van der Waals surface area contributed by atoms with Crippen molar-refractivity contribution in [1.82, 2.24) is 0 Å². The fourth-order valence-corrected chi connectivity index (χ4v) is 5.45.